The molecular formula is C16H20N2O3. The molecule has 0 bridgehead atoms. The number of rotatable bonds is 2. The van der Waals surface area contributed by atoms with Crippen LogP contribution < -0.4 is 5.32 Å². The van der Waals surface area contributed by atoms with Crippen LogP contribution in [0.25, 0.3) is 10.9 Å². The third kappa shape index (κ3) is 2.54. The largest absolute Gasteiger partial charge is 0.389 e. The summed E-state index contributed by atoms with van der Waals surface area (Å²) in [4.78, 5) is 15.8. The Kier molecular flexibility index (Phi) is 3.69. The fourth-order valence-electron chi connectivity index (χ4n) is 2.81. The van der Waals surface area contributed by atoms with Gasteiger partial charge in [0.25, 0.3) is 5.91 Å². The second kappa shape index (κ2) is 5.50. The van der Waals surface area contributed by atoms with Gasteiger partial charge in [-0.1, -0.05) is 12.1 Å². The lowest BCUT2D eigenvalue weighted by molar-refractivity contribution is -0.0260. The molecule has 1 aliphatic rings. The molecule has 21 heavy (non-hydrogen) atoms. The van der Waals surface area contributed by atoms with Crippen molar-refractivity contribution in [2.75, 3.05) is 13.2 Å². The first-order valence-corrected chi connectivity index (χ1v) is 7.22. The molecule has 3 rings (SSSR count). The average molecular weight is 288 g/mol. The molecule has 0 unspecified atom stereocenters. The molecule has 1 aliphatic heterocycles. The number of nitrogens with one attached hydrogen (secondary N) is 2. The summed E-state index contributed by atoms with van der Waals surface area (Å²) in [6, 6.07) is 5.45. The highest BCUT2D eigenvalue weighted by molar-refractivity contribution is 6.06. The van der Waals surface area contributed by atoms with E-state index >= 15 is 0 Å². The zero-order valence-corrected chi connectivity index (χ0v) is 12.3. The normalized spacial score (nSPS) is 22.4. The molecule has 1 aromatic heterocycles. The van der Waals surface area contributed by atoms with E-state index in [0.29, 0.717) is 18.6 Å². The Bertz CT molecular complexity index is 677. The summed E-state index contributed by atoms with van der Waals surface area (Å²) in [5.74, 6) is -0.159. The summed E-state index contributed by atoms with van der Waals surface area (Å²) >= 11 is 0. The Morgan fingerprint density at radius 2 is 2.24 bits per heavy atom. The number of aromatic nitrogens is 1. The van der Waals surface area contributed by atoms with Crippen molar-refractivity contribution in [2.45, 2.75) is 32.4 Å². The summed E-state index contributed by atoms with van der Waals surface area (Å²) in [7, 11) is 0. The maximum absolute atomic E-state index is 12.5. The molecule has 0 saturated carbocycles. The van der Waals surface area contributed by atoms with Crippen LogP contribution in [0.15, 0.2) is 18.2 Å². The monoisotopic (exact) mass is 288 g/mol. The van der Waals surface area contributed by atoms with E-state index in [2.05, 4.69) is 10.3 Å². The molecule has 1 amide bonds. The third-order valence-corrected chi connectivity index (χ3v) is 4.23. The Balaban J connectivity index is 1.89. The molecular weight excluding hydrogens is 268 g/mol. The van der Waals surface area contributed by atoms with Crippen LogP contribution in [0, 0.1) is 13.8 Å². The van der Waals surface area contributed by atoms with Gasteiger partial charge in [-0.15, -0.1) is 0 Å². The van der Waals surface area contributed by atoms with Gasteiger partial charge in [0, 0.05) is 17.7 Å². The van der Waals surface area contributed by atoms with Crippen molar-refractivity contribution in [3.8, 4) is 0 Å². The maximum atomic E-state index is 12.5. The second-order valence-corrected chi connectivity index (χ2v) is 5.61. The number of H-pyrrole nitrogens is 1. The van der Waals surface area contributed by atoms with E-state index in [1.165, 1.54) is 0 Å². The van der Waals surface area contributed by atoms with E-state index in [4.69, 9.17) is 4.74 Å². The fraction of sp³-hybridized carbons (Fsp3) is 0.438. The molecule has 2 aromatic rings. The number of aliphatic hydroxyl groups excluding tert-OH is 1. The van der Waals surface area contributed by atoms with Crippen molar-refractivity contribution in [2.24, 2.45) is 0 Å². The van der Waals surface area contributed by atoms with Gasteiger partial charge >= 0.3 is 0 Å². The first kappa shape index (κ1) is 14.1. The highest BCUT2D eigenvalue weighted by Crippen LogP contribution is 2.24. The average Bonchev–Trinajstić information content (AvgIpc) is 2.77. The van der Waals surface area contributed by atoms with Gasteiger partial charge in [0.05, 0.1) is 29.8 Å². The zero-order chi connectivity index (χ0) is 15.0. The van der Waals surface area contributed by atoms with E-state index < -0.39 is 6.10 Å². The molecule has 3 N–H and O–H groups in total. The van der Waals surface area contributed by atoms with Gasteiger partial charge in [0.2, 0.25) is 0 Å². The number of aryl methyl sites for hydroxylation is 2. The van der Waals surface area contributed by atoms with E-state index in [1.807, 2.05) is 26.0 Å². The van der Waals surface area contributed by atoms with Crippen LogP contribution in [-0.2, 0) is 4.74 Å². The summed E-state index contributed by atoms with van der Waals surface area (Å²) in [5.41, 5.74) is 3.69. The van der Waals surface area contributed by atoms with Crippen molar-refractivity contribution in [3.05, 3.63) is 35.0 Å². The number of carbonyl (C=O) groups is 1. The topological polar surface area (TPSA) is 74.4 Å². The SMILES string of the molecule is Cc1[nH]c2c(C(=O)N[C@@H]3CCOC[C@H]3O)cccc2c1C. The molecule has 2 atom stereocenters. The second-order valence-electron chi connectivity index (χ2n) is 5.61. The standard InChI is InChI=1S/C16H20N2O3/c1-9-10(2)17-15-11(9)4-3-5-12(15)16(20)18-13-6-7-21-8-14(13)19/h3-5,13-14,17,19H,6-8H2,1-2H3,(H,18,20)/t13-,14-/m1/s1. The third-order valence-electron chi connectivity index (χ3n) is 4.23. The lowest BCUT2D eigenvalue weighted by Gasteiger charge is -2.28. The summed E-state index contributed by atoms with van der Waals surface area (Å²) < 4.78 is 5.18. The molecule has 0 spiro atoms. The summed E-state index contributed by atoms with van der Waals surface area (Å²) in [6.07, 6.45) is -0.0138. The number of hydrogen-bond acceptors (Lipinski definition) is 3. The van der Waals surface area contributed by atoms with Crippen LogP contribution in [0.4, 0.5) is 0 Å². The van der Waals surface area contributed by atoms with Crippen molar-refractivity contribution in [1.82, 2.24) is 10.3 Å². The minimum Gasteiger partial charge on any atom is -0.389 e. The molecule has 0 aliphatic carbocycles. The first-order valence-electron chi connectivity index (χ1n) is 7.22. The first-order chi connectivity index (χ1) is 10.1. The Morgan fingerprint density at radius 1 is 1.43 bits per heavy atom. The van der Waals surface area contributed by atoms with Gasteiger partial charge in [0.15, 0.2) is 0 Å². The predicted molar refractivity (Wildman–Crippen MR) is 80.5 cm³/mol. The summed E-state index contributed by atoms with van der Waals surface area (Å²) in [6.45, 7) is 4.88. The molecule has 5 heteroatoms. The predicted octanol–water partition coefficient (Wildman–Crippen LogP) is 1.66. The van der Waals surface area contributed by atoms with Crippen LogP contribution in [0.3, 0.4) is 0 Å². The number of para-hydroxylation sites is 1. The van der Waals surface area contributed by atoms with Crippen molar-refractivity contribution >= 4 is 16.8 Å². The van der Waals surface area contributed by atoms with Crippen molar-refractivity contribution in [3.63, 3.8) is 0 Å². The van der Waals surface area contributed by atoms with Gasteiger partial charge in [-0.05, 0) is 31.9 Å². The number of hydrogen-bond donors (Lipinski definition) is 3. The fourth-order valence-corrected chi connectivity index (χ4v) is 2.81. The molecule has 5 nitrogen and oxygen atoms in total. The lowest BCUT2D eigenvalue weighted by atomic mass is 10.0. The number of carbonyl (C=O) groups excluding carboxylic acids is 1. The van der Waals surface area contributed by atoms with E-state index in [-0.39, 0.29) is 18.6 Å². The van der Waals surface area contributed by atoms with Crippen LogP contribution in [-0.4, -0.2) is 41.4 Å². The Hall–Kier alpha value is -1.85. The molecule has 1 fully saturated rings. The van der Waals surface area contributed by atoms with Crippen LogP contribution in [0.5, 0.6) is 0 Å². The van der Waals surface area contributed by atoms with Gasteiger partial charge in [-0.2, -0.15) is 0 Å². The number of aromatic amines is 1. The van der Waals surface area contributed by atoms with Crippen LogP contribution in [0.1, 0.15) is 28.0 Å². The quantitative estimate of drug-likeness (QED) is 0.787. The molecule has 112 valence electrons. The number of aliphatic hydroxyl groups is 1. The zero-order valence-electron chi connectivity index (χ0n) is 12.3. The van der Waals surface area contributed by atoms with E-state index in [9.17, 15) is 9.90 Å². The van der Waals surface area contributed by atoms with E-state index in [1.54, 1.807) is 6.07 Å². The molecule has 1 aromatic carbocycles. The van der Waals surface area contributed by atoms with Crippen LogP contribution >= 0.6 is 0 Å². The van der Waals surface area contributed by atoms with Crippen LogP contribution in [0.2, 0.25) is 0 Å². The minimum atomic E-state index is -0.644. The number of fused-ring (bicyclic) bond motifs is 1. The van der Waals surface area contributed by atoms with Gasteiger partial charge in [-0.3, -0.25) is 4.79 Å². The number of amides is 1. The molecule has 2 heterocycles. The molecule has 1 saturated heterocycles. The number of benzene rings is 1. The van der Waals surface area contributed by atoms with Crippen molar-refractivity contribution < 1.29 is 14.6 Å². The Labute approximate surface area is 123 Å². The summed E-state index contributed by atoms with van der Waals surface area (Å²) in [5, 5.41) is 13.9. The smallest absolute Gasteiger partial charge is 0.253 e. The van der Waals surface area contributed by atoms with Gasteiger partial charge in [0.1, 0.15) is 0 Å². The van der Waals surface area contributed by atoms with Crippen molar-refractivity contribution in [1.29, 1.82) is 0 Å². The Morgan fingerprint density at radius 3 is 3.00 bits per heavy atom. The number of ether oxygens (including phenoxy) is 1. The lowest BCUT2D eigenvalue weighted by Crippen LogP contribution is -2.48. The minimum absolute atomic E-state index is 0.159. The molecule has 0 radical (unpaired) electrons. The van der Waals surface area contributed by atoms with Gasteiger partial charge < -0.3 is 20.1 Å². The highest BCUT2D eigenvalue weighted by Gasteiger charge is 2.26. The van der Waals surface area contributed by atoms with E-state index in [0.717, 1.165) is 22.2 Å². The maximum Gasteiger partial charge on any atom is 0.253 e. The van der Waals surface area contributed by atoms with Gasteiger partial charge in [-0.25, -0.2) is 0 Å². The highest BCUT2D eigenvalue weighted by atomic mass is 16.5.